The highest BCUT2D eigenvalue weighted by Crippen LogP contribution is 2.26. The third-order valence-electron chi connectivity index (χ3n) is 3.26. The highest BCUT2D eigenvalue weighted by atomic mass is 79.9. The first kappa shape index (κ1) is 12.9. The lowest BCUT2D eigenvalue weighted by atomic mass is 10.0. The number of nitrogen functional groups attached to an aromatic ring is 1. The van der Waals surface area contributed by atoms with Gasteiger partial charge in [-0.15, -0.1) is 0 Å². The summed E-state index contributed by atoms with van der Waals surface area (Å²) >= 11 is 3.57. The van der Waals surface area contributed by atoms with Gasteiger partial charge in [0.1, 0.15) is 0 Å². The van der Waals surface area contributed by atoms with Crippen LogP contribution in [0.5, 0.6) is 0 Å². The van der Waals surface area contributed by atoms with Crippen LogP contribution in [0.4, 0.5) is 5.69 Å². The molecule has 17 heavy (non-hydrogen) atoms. The summed E-state index contributed by atoms with van der Waals surface area (Å²) in [4.78, 5) is 2.45. The van der Waals surface area contributed by atoms with Gasteiger partial charge < -0.3 is 10.5 Å². The van der Waals surface area contributed by atoms with Gasteiger partial charge in [0.05, 0.1) is 13.2 Å². The molecule has 0 radical (unpaired) electrons. The SMILES string of the molecule is CC1(C)COCCN1Cc1ccc(N)cc1Br. The Balaban J connectivity index is 2.14. The first-order chi connectivity index (χ1) is 7.99. The molecule has 0 aliphatic carbocycles. The van der Waals surface area contributed by atoms with Gasteiger partial charge in [0.2, 0.25) is 0 Å². The Morgan fingerprint density at radius 3 is 2.88 bits per heavy atom. The molecule has 0 spiro atoms. The number of hydrogen-bond acceptors (Lipinski definition) is 3. The molecule has 0 atom stereocenters. The lowest BCUT2D eigenvalue weighted by Crippen LogP contribution is -2.52. The van der Waals surface area contributed by atoms with Crippen molar-refractivity contribution < 1.29 is 4.74 Å². The average molecular weight is 299 g/mol. The molecular formula is C13H19BrN2O. The van der Waals surface area contributed by atoms with Crippen LogP contribution >= 0.6 is 15.9 Å². The summed E-state index contributed by atoms with van der Waals surface area (Å²) in [6.07, 6.45) is 0. The van der Waals surface area contributed by atoms with E-state index in [1.807, 2.05) is 12.1 Å². The summed E-state index contributed by atoms with van der Waals surface area (Å²) in [6, 6.07) is 6.00. The molecule has 0 bridgehead atoms. The van der Waals surface area contributed by atoms with Gasteiger partial charge in [-0.3, -0.25) is 4.90 Å². The molecule has 0 saturated carbocycles. The van der Waals surface area contributed by atoms with Crippen molar-refractivity contribution in [3.05, 3.63) is 28.2 Å². The number of nitrogens with two attached hydrogens (primary N) is 1. The Kier molecular flexibility index (Phi) is 3.76. The second kappa shape index (κ2) is 4.96. The van der Waals surface area contributed by atoms with E-state index in [-0.39, 0.29) is 5.54 Å². The fourth-order valence-corrected chi connectivity index (χ4v) is 2.60. The molecule has 1 aliphatic rings. The maximum absolute atomic E-state index is 5.75. The number of nitrogens with zero attached hydrogens (tertiary/aromatic N) is 1. The number of halogens is 1. The van der Waals surface area contributed by atoms with Crippen molar-refractivity contribution in [2.45, 2.75) is 25.9 Å². The molecule has 0 unspecified atom stereocenters. The molecule has 1 saturated heterocycles. The Bertz CT molecular complexity index is 406. The van der Waals surface area contributed by atoms with Crippen molar-refractivity contribution in [1.82, 2.24) is 4.90 Å². The molecule has 0 aromatic heterocycles. The van der Waals surface area contributed by atoms with E-state index in [4.69, 9.17) is 10.5 Å². The summed E-state index contributed by atoms with van der Waals surface area (Å²) in [5.41, 5.74) is 7.91. The molecule has 3 nitrogen and oxygen atoms in total. The van der Waals surface area contributed by atoms with Crippen LogP contribution in [0.15, 0.2) is 22.7 Å². The quantitative estimate of drug-likeness (QED) is 0.853. The van der Waals surface area contributed by atoms with Crippen LogP contribution in [0.3, 0.4) is 0 Å². The molecule has 94 valence electrons. The molecule has 0 amide bonds. The number of morpholine rings is 1. The largest absolute Gasteiger partial charge is 0.399 e. The minimum atomic E-state index is 0.0963. The van der Waals surface area contributed by atoms with E-state index < -0.39 is 0 Å². The van der Waals surface area contributed by atoms with Crippen LogP contribution in [-0.2, 0) is 11.3 Å². The minimum absolute atomic E-state index is 0.0963. The zero-order valence-corrected chi connectivity index (χ0v) is 12.0. The Hall–Kier alpha value is -0.580. The van der Waals surface area contributed by atoms with E-state index in [1.165, 1.54) is 5.56 Å². The van der Waals surface area contributed by atoms with Gasteiger partial charge in [-0.05, 0) is 31.5 Å². The Morgan fingerprint density at radius 1 is 1.47 bits per heavy atom. The monoisotopic (exact) mass is 298 g/mol. The van der Waals surface area contributed by atoms with Gasteiger partial charge in [0.15, 0.2) is 0 Å². The van der Waals surface area contributed by atoms with Crippen molar-refractivity contribution in [3.8, 4) is 0 Å². The van der Waals surface area contributed by atoms with E-state index in [0.29, 0.717) is 0 Å². The standard InChI is InChI=1S/C13H19BrN2O/c1-13(2)9-17-6-5-16(13)8-10-3-4-11(15)7-12(10)14/h3-4,7H,5-6,8-9,15H2,1-2H3. The maximum atomic E-state index is 5.75. The molecule has 1 aliphatic heterocycles. The highest BCUT2D eigenvalue weighted by molar-refractivity contribution is 9.10. The summed E-state index contributed by atoms with van der Waals surface area (Å²) in [6.45, 7) is 7.95. The van der Waals surface area contributed by atoms with Crippen LogP contribution in [0, 0.1) is 0 Å². The van der Waals surface area contributed by atoms with Crippen molar-refractivity contribution in [3.63, 3.8) is 0 Å². The summed E-state index contributed by atoms with van der Waals surface area (Å²) in [7, 11) is 0. The van der Waals surface area contributed by atoms with Crippen LogP contribution in [-0.4, -0.2) is 30.2 Å². The lowest BCUT2D eigenvalue weighted by Gasteiger charge is -2.42. The van der Waals surface area contributed by atoms with Crippen LogP contribution < -0.4 is 5.73 Å². The molecule has 1 fully saturated rings. The van der Waals surface area contributed by atoms with E-state index in [9.17, 15) is 0 Å². The zero-order valence-electron chi connectivity index (χ0n) is 10.4. The summed E-state index contributed by atoms with van der Waals surface area (Å²) in [5, 5.41) is 0. The second-order valence-corrected chi connectivity index (χ2v) is 5.99. The molecule has 2 N–H and O–H groups in total. The number of hydrogen-bond donors (Lipinski definition) is 1. The molecular weight excluding hydrogens is 280 g/mol. The predicted octanol–water partition coefficient (Wildman–Crippen LogP) is 2.64. The lowest BCUT2D eigenvalue weighted by molar-refractivity contribution is -0.0553. The highest BCUT2D eigenvalue weighted by Gasteiger charge is 2.30. The Labute approximate surface area is 111 Å². The van der Waals surface area contributed by atoms with Gasteiger partial charge in [-0.2, -0.15) is 0 Å². The van der Waals surface area contributed by atoms with Crippen LogP contribution in [0.2, 0.25) is 0 Å². The molecule has 2 rings (SSSR count). The first-order valence-electron chi connectivity index (χ1n) is 5.86. The van der Waals surface area contributed by atoms with E-state index in [2.05, 4.69) is 40.7 Å². The molecule has 1 aromatic carbocycles. The van der Waals surface area contributed by atoms with Gasteiger partial charge in [0.25, 0.3) is 0 Å². The summed E-state index contributed by atoms with van der Waals surface area (Å²) < 4.78 is 6.61. The Morgan fingerprint density at radius 2 is 2.24 bits per heavy atom. The van der Waals surface area contributed by atoms with Crippen molar-refractivity contribution in [1.29, 1.82) is 0 Å². The number of rotatable bonds is 2. The van der Waals surface area contributed by atoms with Crippen LogP contribution in [0.25, 0.3) is 0 Å². The predicted molar refractivity (Wildman–Crippen MR) is 73.9 cm³/mol. The zero-order chi connectivity index (χ0) is 12.5. The van der Waals surface area contributed by atoms with Crippen molar-refractivity contribution in [2.24, 2.45) is 0 Å². The molecule has 4 heteroatoms. The average Bonchev–Trinajstić information content (AvgIpc) is 2.24. The molecule has 1 aromatic rings. The third kappa shape index (κ3) is 3.00. The minimum Gasteiger partial charge on any atom is -0.399 e. The van der Waals surface area contributed by atoms with E-state index in [1.54, 1.807) is 0 Å². The number of anilines is 1. The van der Waals surface area contributed by atoms with Crippen molar-refractivity contribution >= 4 is 21.6 Å². The fraction of sp³-hybridized carbons (Fsp3) is 0.538. The van der Waals surface area contributed by atoms with Gasteiger partial charge in [-0.1, -0.05) is 22.0 Å². The third-order valence-corrected chi connectivity index (χ3v) is 3.99. The smallest absolute Gasteiger partial charge is 0.0645 e. The number of ether oxygens (including phenoxy) is 1. The summed E-state index contributed by atoms with van der Waals surface area (Å²) in [5.74, 6) is 0. The number of benzene rings is 1. The van der Waals surface area contributed by atoms with Crippen LogP contribution in [0.1, 0.15) is 19.4 Å². The first-order valence-corrected chi connectivity index (χ1v) is 6.65. The van der Waals surface area contributed by atoms with Gasteiger partial charge in [-0.25, -0.2) is 0 Å². The van der Waals surface area contributed by atoms with E-state index >= 15 is 0 Å². The molecule has 1 heterocycles. The topological polar surface area (TPSA) is 38.5 Å². The van der Waals surface area contributed by atoms with E-state index in [0.717, 1.165) is 36.5 Å². The van der Waals surface area contributed by atoms with Crippen molar-refractivity contribution in [2.75, 3.05) is 25.5 Å². The van der Waals surface area contributed by atoms with Gasteiger partial charge >= 0.3 is 0 Å². The normalized spacial score (nSPS) is 20.4. The second-order valence-electron chi connectivity index (χ2n) is 5.14. The van der Waals surface area contributed by atoms with Gasteiger partial charge in [0, 0.05) is 28.8 Å². The maximum Gasteiger partial charge on any atom is 0.0645 e. The fourth-order valence-electron chi connectivity index (χ4n) is 2.08.